The quantitative estimate of drug-likeness (QED) is 0.203. The number of hydrogen-bond donors (Lipinski definition) is 0. The van der Waals surface area contributed by atoms with Gasteiger partial charge in [-0.05, 0) is 0 Å². The summed E-state index contributed by atoms with van der Waals surface area (Å²) in [5, 5.41) is 0. The zero-order valence-electron chi connectivity index (χ0n) is 10.4. The average Bonchev–Trinajstić information content (AvgIpc) is 2.08. The van der Waals surface area contributed by atoms with Gasteiger partial charge in [0.15, 0.2) is 0 Å². The smallest absolute Gasteiger partial charge is 0 e. The maximum atomic E-state index is 8.60. The van der Waals surface area contributed by atoms with E-state index in [4.69, 9.17) is 60.7 Å². The van der Waals surface area contributed by atoms with Gasteiger partial charge < -0.3 is 0 Å². The van der Waals surface area contributed by atoms with Gasteiger partial charge in [-0.3, -0.25) is 0 Å². The van der Waals surface area contributed by atoms with E-state index in [1.807, 2.05) is 0 Å². The molecule has 0 N–H and O–H groups in total. The Bertz CT molecular complexity index is 471. The molecule has 150 valence electrons. The van der Waals surface area contributed by atoms with E-state index in [2.05, 4.69) is 0 Å². The van der Waals surface area contributed by atoms with Crippen LogP contribution in [0.15, 0.2) is 0 Å². The molecule has 25 heteroatoms. The first-order valence-corrected chi connectivity index (χ1v) is 19.4. The van der Waals surface area contributed by atoms with Crippen molar-refractivity contribution in [2.45, 2.75) is 0 Å². The Morgan fingerprint density at radius 2 is 0.280 bits per heavy atom. The van der Waals surface area contributed by atoms with Gasteiger partial charge in [0.25, 0.3) is 0 Å². The van der Waals surface area contributed by atoms with Crippen molar-refractivity contribution in [2.24, 2.45) is 0 Å². The molecule has 0 bridgehead atoms. The minimum atomic E-state index is -4.20. The van der Waals surface area contributed by atoms with Crippen LogP contribution in [0.1, 0.15) is 0 Å². The third-order valence-electron chi connectivity index (χ3n) is 0. The van der Waals surface area contributed by atoms with Gasteiger partial charge in [-0.1, -0.05) is 0 Å². The number of rotatable bonds is 0. The fourth-order valence-electron chi connectivity index (χ4n) is 0. The first kappa shape index (κ1) is 45.9. The van der Waals surface area contributed by atoms with E-state index in [1.165, 1.54) is 0 Å². The monoisotopic (exact) mass is 1030 g/mol. The molecule has 0 amide bonds. The van der Waals surface area contributed by atoms with Gasteiger partial charge >= 0.3 is 173 Å². The molecular formula is Nb6O18W-6. The second kappa shape index (κ2) is 41.0. The third-order valence-corrected chi connectivity index (χ3v) is 0. The molecule has 0 radical (unpaired) electrons. The van der Waals surface area contributed by atoms with Crippen molar-refractivity contribution in [3.8, 4) is 0 Å². The van der Waals surface area contributed by atoms with Gasteiger partial charge in [-0.15, -0.1) is 0 Å². The normalized spacial score (nSPS) is 6.00. The van der Waals surface area contributed by atoms with Crippen LogP contribution >= 0.6 is 0 Å². The van der Waals surface area contributed by atoms with Gasteiger partial charge in [0.05, 0.1) is 0 Å². The maximum absolute atomic E-state index is 8.60. The van der Waals surface area contributed by atoms with Crippen LogP contribution in [0.2, 0.25) is 0 Å². The number of hydrogen-bond acceptors (Lipinski definition) is 18. The SMILES string of the molecule is [O]=[Nb](=[O])[O-].[O]=[Nb](=[O])[O-].[O]=[Nb](=[O])[O-].[O]=[Nb](=[O])[O-].[O]=[Nb](=[O])[O-].[O]=[Nb](=[O])[O-].[W]. The standard InChI is InChI=1S/6Nb.18O.W/q;;;;;;;;;;;;;;;;;;6*-1;. The van der Waals surface area contributed by atoms with Crippen molar-refractivity contribution >= 4 is 0 Å². The predicted octanol–water partition coefficient (Wildman–Crippen LogP) is -8.58. The summed E-state index contributed by atoms with van der Waals surface area (Å²) in [5.41, 5.74) is 0. The van der Waals surface area contributed by atoms with Gasteiger partial charge in [0, 0.05) is 21.1 Å². The summed E-state index contributed by atoms with van der Waals surface area (Å²) in [4.78, 5) is 0. The molecular weight excluding hydrogens is 1030 g/mol. The van der Waals surface area contributed by atoms with E-state index < -0.39 is 113 Å². The van der Waals surface area contributed by atoms with Gasteiger partial charge in [-0.25, -0.2) is 0 Å². The average molecular weight is 1030 g/mol. The van der Waals surface area contributed by atoms with Gasteiger partial charge in [-0.2, -0.15) is 0 Å². The molecule has 0 aliphatic carbocycles. The Hall–Kier alpha value is 2.49. The first-order valence-electron chi connectivity index (χ1n) is 3.29. The van der Waals surface area contributed by atoms with Crippen molar-refractivity contribution < 1.29 is 194 Å². The molecule has 0 heterocycles. The zero-order chi connectivity index (χ0) is 21.5. The van der Waals surface area contributed by atoms with Gasteiger partial charge in [0.1, 0.15) is 0 Å². The van der Waals surface area contributed by atoms with Crippen LogP contribution in [0.3, 0.4) is 0 Å². The molecule has 0 fully saturated rings. The molecule has 0 unspecified atom stereocenters. The minimum absolute atomic E-state index is 0. The molecule has 0 aromatic heterocycles. The molecule has 25 heavy (non-hydrogen) atoms. The van der Waals surface area contributed by atoms with Crippen molar-refractivity contribution in [3.63, 3.8) is 0 Å². The van der Waals surface area contributed by atoms with E-state index in [-0.39, 0.29) is 21.1 Å². The van der Waals surface area contributed by atoms with Crippen molar-refractivity contribution in [1.29, 1.82) is 0 Å². The maximum Gasteiger partial charge on any atom is 0 e. The molecule has 0 spiro atoms. The van der Waals surface area contributed by atoms with E-state index in [9.17, 15) is 0 Å². The molecule has 18 nitrogen and oxygen atoms in total. The van der Waals surface area contributed by atoms with Crippen molar-refractivity contribution in [3.05, 3.63) is 0 Å². The third kappa shape index (κ3) is 2560. The molecule has 0 aliphatic heterocycles. The van der Waals surface area contributed by atoms with Crippen molar-refractivity contribution in [2.75, 3.05) is 0 Å². The molecule has 0 saturated carbocycles. The molecule has 0 aromatic carbocycles. The Morgan fingerprint density at radius 1 is 0.280 bits per heavy atom. The summed E-state index contributed by atoms with van der Waals surface area (Å²) in [6, 6.07) is 0. The van der Waals surface area contributed by atoms with E-state index in [0.29, 0.717) is 0 Å². The Kier molecular flexibility index (Phi) is 75.3. The summed E-state index contributed by atoms with van der Waals surface area (Å²) in [5.74, 6) is 0. The fourth-order valence-corrected chi connectivity index (χ4v) is 0. The second-order valence-electron chi connectivity index (χ2n) is 1.34. The van der Waals surface area contributed by atoms with Crippen LogP contribution in [-0.4, -0.2) is 0 Å². The molecule has 0 rings (SSSR count). The van der Waals surface area contributed by atoms with Crippen molar-refractivity contribution in [1.82, 2.24) is 0 Å². The Morgan fingerprint density at radius 3 is 0.280 bits per heavy atom. The summed E-state index contributed by atoms with van der Waals surface area (Å²) in [6.07, 6.45) is 0. The fraction of sp³-hybridized carbons (Fsp3) is 0. The second-order valence-corrected chi connectivity index (χ2v) is 7.94. The molecule has 0 aliphatic rings. The van der Waals surface area contributed by atoms with Crippen LogP contribution in [0.25, 0.3) is 0 Å². The van der Waals surface area contributed by atoms with Crippen LogP contribution in [0.4, 0.5) is 0 Å². The van der Waals surface area contributed by atoms with Crippen LogP contribution in [-0.2, 0) is 173 Å². The van der Waals surface area contributed by atoms with E-state index in [0.717, 1.165) is 0 Å². The Labute approximate surface area is 191 Å². The van der Waals surface area contributed by atoms with Gasteiger partial charge in [0.2, 0.25) is 0 Å². The summed E-state index contributed by atoms with van der Waals surface area (Å²) in [7, 11) is 0. The zero-order valence-corrected chi connectivity index (χ0v) is 26.6. The van der Waals surface area contributed by atoms with Crippen LogP contribution < -0.4 is 21.7 Å². The summed E-state index contributed by atoms with van der Waals surface area (Å²) in [6.45, 7) is 0. The van der Waals surface area contributed by atoms with E-state index >= 15 is 0 Å². The van der Waals surface area contributed by atoms with E-state index in [1.54, 1.807) is 0 Å². The topological polar surface area (TPSA) is 343 Å². The molecule has 0 saturated heterocycles. The summed E-state index contributed by atoms with van der Waals surface area (Å²) >= 11 is -25.2. The largest absolute Gasteiger partial charge is 0 e. The Balaban J connectivity index is -0.0000000309. The molecule has 0 atom stereocenters. The van der Waals surface area contributed by atoms with Crippen LogP contribution in [0.5, 0.6) is 0 Å². The predicted molar refractivity (Wildman–Crippen MR) is 8.24 cm³/mol. The first-order chi connectivity index (χ1) is 10.4. The summed E-state index contributed by atoms with van der Waals surface area (Å²) < 4.78 is 155. The molecule has 0 aromatic rings. The minimum Gasteiger partial charge on any atom is 0 e. The van der Waals surface area contributed by atoms with Crippen LogP contribution in [0, 0.1) is 0 Å².